The molecule has 328 valence electrons. The van der Waals surface area contributed by atoms with Crippen molar-refractivity contribution in [3.05, 3.63) is 287 Å². The van der Waals surface area contributed by atoms with Crippen molar-refractivity contribution >= 4 is 70.5 Å². The zero-order chi connectivity index (χ0) is 46.0. The van der Waals surface area contributed by atoms with Crippen LogP contribution in [0.5, 0.6) is 0 Å². The third kappa shape index (κ3) is 13.2. The summed E-state index contributed by atoms with van der Waals surface area (Å²) in [5.41, 5.74) is 16.9. The Labute approximate surface area is 421 Å². The molecule has 0 bridgehead atoms. The molecule has 0 fully saturated rings. The van der Waals surface area contributed by atoms with Crippen LogP contribution in [-0.2, 0) is 11.9 Å². The van der Waals surface area contributed by atoms with Crippen LogP contribution in [0.2, 0.25) is 0 Å². The molecule has 0 radical (unpaired) electrons. The van der Waals surface area contributed by atoms with Gasteiger partial charge in [-0.15, -0.1) is 0 Å². The maximum Gasteiger partial charge on any atom is 0.0492 e. The van der Waals surface area contributed by atoms with Gasteiger partial charge in [0.15, 0.2) is 0 Å². The van der Waals surface area contributed by atoms with Gasteiger partial charge in [0.2, 0.25) is 0 Å². The number of nitrogens with zero attached hydrogens (tertiary/aromatic N) is 1. The maximum atomic E-state index is 3.73. The molecular weight excluding hydrogens is 1010 g/mol. The van der Waals surface area contributed by atoms with Gasteiger partial charge in [0.05, 0.1) is 0 Å². The van der Waals surface area contributed by atoms with E-state index in [2.05, 4.69) is 295 Å². The Bertz CT molecular complexity index is 2850. The molecule has 10 aromatic rings. The first-order valence-electron chi connectivity index (χ1n) is 22.2. The Hall–Kier alpha value is -6.76. The van der Waals surface area contributed by atoms with Crippen LogP contribution in [0, 0.1) is 0 Å². The number of halogens is 3. The van der Waals surface area contributed by atoms with Gasteiger partial charge in [0.1, 0.15) is 0 Å². The van der Waals surface area contributed by atoms with Crippen LogP contribution in [-0.4, -0.2) is 0 Å². The minimum absolute atomic E-state index is 0.775. The molecule has 0 aromatic heterocycles. The monoisotopic (exact) mass is 1060 g/mol. The van der Waals surface area contributed by atoms with Gasteiger partial charge in [-0.3, -0.25) is 0 Å². The summed E-state index contributed by atoms with van der Waals surface area (Å²) in [6, 6.07) is 93.2. The molecule has 2 nitrogen and oxygen atoms in total. The van der Waals surface area contributed by atoms with E-state index in [1.54, 1.807) is 0 Å². The molecule has 10 aromatic carbocycles. The molecule has 0 saturated heterocycles. The van der Waals surface area contributed by atoms with E-state index >= 15 is 0 Å². The van der Waals surface area contributed by atoms with Crippen LogP contribution < -0.4 is 10.2 Å². The lowest BCUT2D eigenvalue weighted by Gasteiger charge is -2.26. The summed E-state index contributed by atoms with van der Waals surface area (Å²) in [6.07, 6.45) is 0. The molecule has 0 amide bonds. The number of alkyl halides is 1. The Morgan fingerprint density at radius 3 is 0.851 bits per heavy atom. The highest BCUT2D eigenvalue weighted by molar-refractivity contribution is 9.11. The maximum absolute atomic E-state index is 3.73. The Morgan fingerprint density at radius 1 is 0.284 bits per heavy atom. The van der Waals surface area contributed by atoms with Crippen LogP contribution in [0.3, 0.4) is 0 Å². The molecule has 10 rings (SSSR count). The summed E-state index contributed by atoms with van der Waals surface area (Å²) >= 11 is 10.5. The normalized spacial score (nSPS) is 10.4. The van der Waals surface area contributed by atoms with Crippen molar-refractivity contribution in [2.75, 3.05) is 10.2 Å². The molecule has 1 N–H and O–H groups in total. The second-order valence-corrected chi connectivity index (χ2v) is 18.0. The zero-order valence-electron chi connectivity index (χ0n) is 36.9. The lowest BCUT2D eigenvalue weighted by atomic mass is 10.0. The molecular formula is C62H49Br3N2. The molecule has 0 aliphatic rings. The quantitative estimate of drug-likeness (QED) is 0.130. The Balaban J connectivity index is 0.000000157. The number of rotatable bonds is 11. The van der Waals surface area contributed by atoms with E-state index < -0.39 is 0 Å². The van der Waals surface area contributed by atoms with E-state index in [1.807, 2.05) is 30.3 Å². The second-order valence-electron chi connectivity index (χ2n) is 15.7. The van der Waals surface area contributed by atoms with Crippen LogP contribution in [0.15, 0.2) is 276 Å². The van der Waals surface area contributed by atoms with Crippen LogP contribution in [0.4, 0.5) is 22.7 Å². The standard InChI is InChI=1S/C31H24BrN.C24H19N.C7H6Br2/c32-31-14-8-7-13-28(31)23-33(29-19-15-26(16-20-29)24-9-3-1-4-10-24)30-21-17-27(18-22-30)25-11-5-2-6-12-25;1-3-7-19(8-4-1)21-11-15-23(16-12-21)25-24-17-13-22(14-18-24)20-9-5-2-6-10-20;8-5-6-3-1-2-4-7(6)9/h1-22H,23H2;1-18,25H;1-4H,5H2. The Kier molecular flexibility index (Phi) is 16.8. The largest absolute Gasteiger partial charge is 0.356 e. The molecule has 0 saturated carbocycles. The zero-order valence-corrected chi connectivity index (χ0v) is 41.7. The van der Waals surface area contributed by atoms with Gasteiger partial charge in [-0.1, -0.05) is 254 Å². The van der Waals surface area contributed by atoms with Gasteiger partial charge >= 0.3 is 0 Å². The fourth-order valence-corrected chi connectivity index (χ4v) is 9.28. The molecule has 0 aliphatic carbocycles. The van der Waals surface area contributed by atoms with E-state index in [9.17, 15) is 0 Å². The highest BCUT2D eigenvalue weighted by atomic mass is 79.9. The molecule has 0 aliphatic heterocycles. The van der Waals surface area contributed by atoms with Gasteiger partial charge in [-0.25, -0.2) is 0 Å². The Morgan fingerprint density at radius 2 is 0.552 bits per heavy atom. The third-order valence-electron chi connectivity index (χ3n) is 11.2. The van der Waals surface area contributed by atoms with Crippen molar-refractivity contribution in [1.82, 2.24) is 0 Å². The van der Waals surface area contributed by atoms with Crippen molar-refractivity contribution in [2.24, 2.45) is 0 Å². The predicted octanol–water partition coefficient (Wildman–Crippen LogP) is 19.2. The number of anilines is 4. The van der Waals surface area contributed by atoms with E-state index in [0.29, 0.717) is 0 Å². The van der Waals surface area contributed by atoms with Crippen molar-refractivity contribution in [1.29, 1.82) is 0 Å². The van der Waals surface area contributed by atoms with E-state index in [4.69, 9.17) is 0 Å². The third-order valence-corrected chi connectivity index (χ3v) is 13.4. The molecule has 0 heterocycles. The topological polar surface area (TPSA) is 15.3 Å². The van der Waals surface area contributed by atoms with E-state index in [0.717, 1.165) is 39.1 Å². The number of hydrogen-bond acceptors (Lipinski definition) is 2. The van der Waals surface area contributed by atoms with Gasteiger partial charge in [0, 0.05) is 43.6 Å². The summed E-state index contributed by atoms with van der Waals surface area (Å²) in [5.74, 6) is 0. The second kappa shape index (κ2) is 24.1. The first-order valence-corrected chi connectivity index (χ1v) is 24.9. The van der Waals surface area contributed by atoms with Crippen molar-refractivity contribution in [3.63, 3.8) is 0 Å². The van der Waals surface area contributed by atoms with Crippen molar-refractivity contribution < 1.29 is 0 Å². The summed E-state index contributed by atoms with van der Waals surface area (Å²) in [6.45, 7) is 0.775. The van der Waals surface area contributed by atoms with Gasteiger partial charge in [0.25, 0.3) is 0 Å². The summed E-state index contributed by atoms with van der Waals surface area (Å²) in [4.78, 5) is 2.36. The minimum Gasteiger partial charge on any atom is -0.356 e. The minimum atomic E-state index is 0.775. The average Bonchev–Trinajstić information content (AvgIpc) is 3.40. The number of benzene rings is 10. The van der Waals surface area contributed by atoms with Crippen molar-refractivity contribution in [2.45, 2.75) is 11.9 Å². The number of nitrogens with one attached hydrogen (secondary N) is 1. The SMILES string of the molecule is BrCc1ccccc1Br.Brc1ccccc1CN(c1ccc(-c2ccccc2)cc1)c1ccc(-c2ccccc2)cc1.c1ccc(-c2ccc(Nc3ccc(-c4ccccc4)cc3)cc2)cc1. The highest BCUT2D eigenvalue weighted by Gasteiger charge is 2.13. The first kappa shape index (κ1) is 46.8. The highest BCUT2D eigenvalue weighted by Crippen LogP contribution is 2.33. The summed E-state index contributed by atoms with van der Waals surface area (Å²) in [7, 11) is 0. The first-order chi connectivity index (χ1) is 33.0. The fraction of sp³-hybridized carbons (Fsp3) is 0.0323. The van der Waals surface area contributed by atoms with E-state index in [-0.39, 0.29) is 0 Å². The molecule has 5 heteroatoms. The van der Waals surface area contributed by atoms with Crippen LogP contribution in [0.25, 0.3) is 44.5 Å². The summed E-state index contributed by atoms with van der Waals surface area (Å²) in [5, 5.41) is 4.37. The van der Waals surface area contributed by atoms with Gasteiger partial charge < -0.3 is 10.2 Å². The van der Waals surface area contributed by atoms with Gasteiger partial charge in [-0.2, -0.15) is 0 Å². The smallest absolute Gasteiger partial charge is 0.0492 e. The molecule has 0 atom stereocenters. The van der Waals surface area contributed by atoms with Crippen LogP contribution >= 0.6 is 47.8 Å². The van der Waals surface area contributed by atoms with Gasteiger partial charge in [-0.05, 0) is 116 Å². The lowest BCUT2D eigenvalue weighted by Crippen LogP contribution is -2.16. The average molecular weight is 1060 g/mol. The van der Waals surface area contributed by atoms with E-state index in [1.165, 1.54) is 60.1 Å². The number of hydrogen-bond donors (Lipinski definition) is 1. The lowest BCUT2D eigenvalue weighted by molar-refractivity contribution is 0.970. The molecule has 0 unspecified atom stereocenters. The van der Waals surface area contributed by atoms with Crippen LogP contribution in [0.1, 0.15) is 11.1 Å². The molecule has 67 heavy (non-hydrogen) atoms. The summed E-state index contributed by atoms with van der Waals surface area (Å²) < 4.78 is 2.29. The fourth-order valence-electron chi connectivity index (χ4n) is 7.58. The van der Waals surface area contributed by atoms with Crippen molar-refractivity contribution in [3.8, 4) is 44.5 Å². The molecule has 0 spiro atoms. The predicted molar refractivity (Wildman–Crippen MR) is 298 cm³/mol.